The molecule has 0 atom stereocenters. The normalized spacial score (nSPS) is 11.6. The largest absolute Gasteiger partial charge is 0.391 e. The number of benzene rings is 1. The molecule has 0 aliphatic carbocycles. The van der Waals surface area contributed by atoms with E-state index in [0.29, 0.717) is 17.1 Å². The van der Waals surface area contributed by atoms with Crippen molar-refractivity contribution in [2.45, 2.75) is 24.7 Å². The Morgan fingerprint density at radius 3 is 2.40 bits per heavy atom. The van der Waals surface area contributed by atoms with Crippen molar-refractivity contribution in [3.05, 3.63) is 46.8 Å². The number of aryl methyl sites for hydroxylation is 1. The minimum absolute atomic E-state index is 0.135. The first-order chi connectivity index (χ1) is 9.50. The summed E-state index contributed by atoms with van der Waals surface area (Å²) in [4.78, 5) is 0.688. The summed E-state index contributed by atoms with van der Waals surface area (Å²) in [5.74, 6) is 0. The molecule has 0 aliphatic rings. The van der Waals surface area contributed by atoms with E-state index in [1.165, 1.54) is 4.31 Å². The van der Waals surface area contributed by atoms with Gasteiger partial charge in [0.15, 0.2) is 0 Å². The standard InChI is InChI=1S/C14H17NO3S2/c1-3-15(12-7-5-4-6-8-12)20(17,18)14-9-11(2)13(10-16)19-14/h4-9,16H,3,10H2,1-2H3. The Bertz CT molecular complexity index is 678. The summed E-state index contributed by atoms with van der Waals surface area (Å²) in [6.45, 7) is 3.83. The Kier molecular flexibility index (Phi) is 4.47. The number of hydrogen-bond donors (Lipinski definition) is 1. The second-order valence-electron chi connectivity index (χ2n) is 4.34. The lowest BCUT2D eigenvalue weighted by molar-refractivity contribution is 0.285. The van der Waals surface area contributed by atoms with Crippen molar-refractivity contribution in [2.24, 2.45) is 0 Å². The van der Waals surface area contributed by atoms with Gasteiger partial charge >= 0.3 is 0 Å². The summed E-state index contributed by atoms with van der Waals surface area (Å²) in [7, 11) is -3.58. The highest BCUT2D eigenvalue weighted by atomic mass is 32.2. The summed E-state index contributed by atoms with van der Waals surface area (Å²) >= 11 is 1.13. The van der Waals surface area contributed by atoms with Gasteiger partial charge in [0.2, 0.25) is 0 Å². The molecule has 0 saturated heterocycles. The van der Waals surface area contributed by atoms with Crippen LogP contribution < -0.4 is 4.31 Å². The first-order valence-electron chi connectivity index (χ1n) is 6.28. The van der Waals surface area contributed by atoms with Crippen molar-refractivity contribution in [1.29, 1.82) is 0 Å². The van der Waals surface area contributed by atoms with Crippen LogP contribution in [0.5, 0.6) is 0 Å². The molecule has 1 aromatic carbocycles. The van der Waals surface area contributed by atoms with Crippen molar-refractivity contribution >= 4 is 27.0 Å². The molecule has 108 valence electrons. The molecule has 1 aromatic heterocycles. The van der Waals surface area contributed by atoms with Gasteiger partial charge in [0.05, 0.1) is 12.3 Å². The van der Waals surface area contributed by atoms with Crippen LogP contribution in [0.3, 0.4) is 0 Å². The van der Waals surface area contributed by atoms with Gasteiger partial charge in [-0.1, -0.05) is 18.2 Å². The maximum absolute atomic E-state index is 12.7. The van der Waals surface area contributed by atoms with Gasteiger partial charge in [-0.25, -0.2) is 8.42 Å². The molecule has 0 saturated carbocycles. The number of aliphatic hydroxyl groups excluding tert-OH is 1. The third kappa shape index (κ3) is 2.72. The van der Waals surface area contributed by atoms with Crippen LogP contribution in [0.2, 0.25) is 0 Å². The molecule has 0 bridgehead atoms. The van der Waals surface area contributed by atoms with E-state index in [2.05, 4.69) is 0 Å². The number of nitrogens with zero attached hydrogens (tertiary/aromatic N) is 1. The monoisotopic (exact) mass is 311 g/mol. The molecular weight excluding hydrogens is 294 g/mol. The van der Waals surface area contributed by atoms with Gasteiger partial charge in [0.25, 0.3) is 10.0 Å². The molecule has 0 spiro atoms. The SMILES string of the molecule is CCN(c1ccccc1)S(=O)(=O)c1cc(C)c(CO)s1. The average Bonchev–Trinajstić information content (AvgIpc) is 2.82. The average molecular weight is 311 g/mol. The summed E-state index contributed by atoms with van der Waals surface area (Å²) in [5.41, 5.74) is 1.45. The second-order valence-corrected chi connectivity index (χ2v) is 7.56. The Labute approximate surface area is 123 Å². The highest BCUT2D eigenvalue weighted by Crippen LogP contribution is 2.30. The van der Waals surface area contributed by atoms with Crippen LogP contribution in [-0.4, -0.2) is 20.1 Å². The van der Waals surface area contributed by atoms with Crippen LogP contribution in [0.25, 0.3) is 0 Å². The molecule has 0 radical (unpaired) electrons. The van der Waals surface area contributed by atoms with E-state index in [1.807, 2.05) is 18.2 Å². The minimum atomic E-state index is -3.58. The number of para-hydroxylation sites is 1. The molecule has 1 heterocycles. The van der Waals surface area contributed by atoms with E-state index >= 15 is 0 Å². The van der Waals surface area contributed by atoms with E-state index in [-0.39, 0.29) is 10.8 Å². The number of hydrogen-bond acceptors (Lipinski definition) is 4. The number of thiophene rings is 1. The van der Waals surface area contributed by atoms with E-state index in [4.69, 9.17) is 0 Å². The summed E-state index contributed by atoms with van der Waals surface area (Å²) in [5, 5.41) is 9.21. The van der Waals surface area contributed by atoms with Gasteiger partial charge in [-0.3, -0.25) is 4.31 Å². The van der Waals surface area contributed by atoms with Crippen LogP contribution >= 0.6 is 11.3 Å². The van der Waals surface area contributed by atoms with E-state index in [1.54, 1.807) is 32.0 Å². The molecule has 0 amide bonds. The highest BCUT2D eigenvalue weighted by Gasteiger charge is 2.26. The van der Waals surface area contributed by atoms with Gasteiger partial charge < -0.3 is 5.11 Å². The molecule has 0 unspecified atom stereocenters. The van der Waals surface area contributed by atoms with Gasteiger partial charge in [0.1, 0.15) is 4.21 Å². The van der Waals surface area contributed by atoms with Gasteiger partial charge in [-0.05, 0) is 37.6 Å². The van der Waals surface area contributed by atoms with Crippen LogP contribution in [0.4, 0.5) is 5.69 Å². The lowest BCUT2D eigenvalue weighted by atomic mass is 10.3. The third-order valence-corrected chi connectivity index (χ3v) is 6.59. The molecule has 0 fully saturated rings. The Hall–Kier alpha value is -1.37. The predicted molar refractivity (Wildman–Crippen MR) is 81.6 cm³/mol. The van der Waals surface area contributed by atoms with E-state index in [0.717, 1.165) is 16.9 Å². The lowest BCUT2D eigenvalue weighted by Gasteiger charge is -2.21. The predicted octanol–water partition coefficient (Wildman–Crippen LogP) is 2.76. The van der Waals surface area contributed by atoms with Gasteiger partial charge in [0, 0.05) is 11.4 Å². The number of aliphatic hydroxyl groups is 1. The number of anilines is 1. The Balaban J connectivity index is 2.47. The van der Waals surface area contributed by atoms with Gasteiger partial charge in [-0.15, -0.1) is 11.3 Å². The molecule has 2 aromatic rings. The third-order valence-electron chi connectivity index (χ3n) is 3.02. The minimum Gasteiger partial charge on any atom is -0.391 e. The van der Waals surface area contributed by atoms with Crippen molar-refractivity contribution in [3.63, 3.8) is 0 Å². The number of rotatable bonds is 5. The van der Waals surface area contributed by atoms with E-state index in [9.17, 15) is 13.5 Å². The fourth-order valence-corrected chi connectivity index (χ4v) is 5.00. The Morgan fingerprint density at radius 2 is 1.90 bits per heavy atom. The first-order valence-corrected chi connectivity index (χ1v) is 8.54. The maximum Gasteiger partial charge on any atom is 0.273 e. The second kappa shape index (κ2) is 5.95. The maximum atomic E-state index is 12.7. The zero-order valence-electron chi connectivity index (χ0n) is 11.4. The summed E-state index contributed by atoms with van der Waals surface area (Å²) in [6, 6.07) is 10.6. The van der Waals surface area contributed by atoms with Crippen LogP contribution in [0.1, 0.15) is 17.4 Å². The molecule has 20 heavy (non-hydrogen) atoms. The van der Waals surface area contributed by atoms with Crippen LogP contribution in [0, 0.1) is 6.92 Å². The fourth-order valence-electron chi connectivity index (χ4n) is 1.97. The molecule has 1 N–H and O–H groups in total. The Morgan fingerprint density at radius 1 is 1.25 bits per heavy atom. The van der Waals surface area contributed by atoms with Crippen molar-refractivity contribution in [3.8, 4) is 0 Å². The number of sulfonamides is 1. The molecule has 0 aliphatic heterocycles. The highest BCUT2D eigenvalue weighted by molar-refractivity contribution is 7.94. The van der Waals surface area contributed by atoms with Gasteiger partial charge in [-0.2, -0.15) is 0 Å². The van der Waals surface area contributed by atoms with Crippen molar-refractivity contribution in [2.75, 3.05) is 10.8 Å². The zero-order chi connectivity index (χ0) is 14.8. The van der Waals surface area contributed by atoms with Crippen LogP contribution in [-0.2, 0) is 16.6 Å². The lowest BCUT2D eigenvalue weighted by Crippen LogP contribution is -2.30. The summed E-state index contributed by atoms with van der Waals surface area (Å²) in [6.07, 6.45) is 0. The molecule has 2 rings (SSSR count). The quantitative estimate of drug-likeness (QED) is 0.923. The summed E-state index contributed by atoms with van der Waals surface area (Å²) < 4.78 is 27.0. The zero-order valence-corrected chi connectivity index (χ0v) is 13.0. The molecular formula is C14H17NO3S2. The van der Waals surface area contributed by atoms with E-state index < -0.39 is 10.0 Å². The van der Waals surface area contributed by atoms with Crippen LogP contribution in [0.15, 0.2) is 40.6 Å². The van der Waals surface area contributed by atoms with Crippen molar-refractivity contribution in [1.82, 2.24) is 0 Å². The smallest absolute Gasteiger partial charge is 0.273 e. The topological polar surface area (TPSA) is 57.6 Å². The molecule has 4 nitrogen and oxygen atoms in total. The molecule has 6 heteroatoms. The first kappa shape index (κ1) is 15.0. The fraction of sp³-hybridized carbons (Fsp3) is 0.286. The van der Waals surface area contributed by atoms with Crippen molar-refractivity contribution < 1.29 is 13.5 Å².